The smallest absolute Gasteiger partial charge is 0.241 e. The first-order valence-electron chi connectivity index (χ1n) is 7.68. The van der Waals surface area contributed by atoms with E-state index in [1.165, 1.54) is 12.1 Å². The molecular weight excluding hydrogens is 426 g/mol. The molecule has 6 nitrogen and oxygen atoms in total. The monoisotopic (exact) mass is 452 g/mol. The summed E-state index contributed by atoms with van der Waals surface area (Å²) >= 11 is 0. The van der Waals surface area contributed by atoms with Gasteiger partial charge in [-0.05, 0) is 31.0 Å². The van der Waals surface area contributed by atoms with Crippen molar-refractivity contribution in [2.45, 2.75) is 13.3 Å². The minimum Gasteiger partial charge on any atom is -0.383 e. The standard InChI is InChI=1S/C16H25FN4O2.HI/c1-3-18-16(21-12-15(22)19-10-11-23-2)20-9-8-13-4-6-14(17)7-5-13;/h4-7H,3,8-12H2,1-2H3,(H,19,22)(H2,18,20,21);1H. The van der Waals surface area contributed by atoms with E-state index in [2.05, 4.69) is 20.9 Å². The van der Waals surface area contributed by atoms with Crippen molar-refractivity contribution in [1.29, 1.82) is 0 Å². The van der Waals surface area contributed by atoms with Gasteiger partial charge in [-0.1, -0.05) is 12.1 Å². The number of aliphatic imine (C=N–C) groups is 1. The number of halogens is 2. The van der Waals surface area contributed by atoms with E-state index in [1.807, 2.05) is 6.92 Å². The molecule has 3 N–H and O–H groups in total. The Morgan fingerprint density at radius 1 is 1.17 bits per heavy atom. The number of hydrogen-bond donors (Lipinski definition) is 3. The van der Waals surface area contributed by atoms with Crippen LogP contribution in [0.1, 0.15) is 12.5 Å². The number of carbonyl (C=O) groups is 1. The third-order valence-electron chi connectivity index (χ3n) is 2.97. The number of nitrogens with zero attached hydrogens (tertiary/aromatic N) is 1. The van der Waals surface area contributed by atoms with Crippen molar-refractivity contribution in [3.8, 4) is 0 Å². The van der Waals surface area contributed by atoms with Crippen LogP contribution in [-0.4, -0.2) is 51.8 Å². The van der Waals surface area contributed by atoms with Crippen LogP contribution in [0.15, 0.2) is 29.3 Å². The van der Waals surface area contributed by atoms with Crippen molar-refractivity contribution in [2.75, 3.05) is 39.9 Å². The first-order chi connectivity index (χ1) is 11.2. The first kappa shape index (κ1) is 22.6. The average molecular weight is 452 g/mol. The van der Waals surface area contributed by atoms with E-state index in [-0.39, 0.29) is 42.2 Å². The molecule has 8 heteroatoms. The molecule has 0 fully saturated rings. The lowest BCUT2D eigenvalue weighted by atomic mass is 10.1. The van der Waals surface area contributed by atoms with Gasteiger partial charge < -0.3 is 20.7 Å². The van der Waals surface area contributed by atoms with E-state index in [0.29, 0.717) is 32.2 Å². The number of amides is 1. The fourth-order valence-corrected chi connectivity index (χ4v) is 1.82. The third-order valence-corrected chi connectivity index (χ3v) is 2.97. The Hall–Kier alpha value is -1.42. The van der Waals surface area contributed by atoms with Gasteiger partial charge >= 0.3 is 0 Å². The van der Waals surface area contributed by atoms with Gasteiger partial charge in [-0.15, -0.1) is 24.0 Å². The average Bonchev–Trinajstić information content (AvgIpc) is 2.54. The van der Waals surface area contributed by atoms with Crippen LogP contribution in [0.25, 0.3) is 0 Å². The summed E-state index contributed by atoms with van der Waals surface area (Å²) in [5, 5.41) is 8.93. The van der Waals surface area contributed by atoms with Gasteiger partial charge in [-0.3, -0.25) is 4.79 Å². The predicted octanol–water partition coefficient (Wildman–Crippen LogP) is 1.30. The molecule has 0 spiro atoms. The summed E-state index contributed by atoms with van der Waals surface area (Å²) < 4.78 is 17.7. The maximum absolute atomic E-state index is 12.8. The van der Waals surface area contributed by atoms with Gasteiger partial charge in [-0.2, -0.15) is 0 Å². The summed E-state index contributed by atoms with van der Waals surface area (Å²) in [6, 6.07) is 6.40. The predicted molar refractivity (Wildman–Crippen MR) is 104 cm³/mol. The lowest BCUT2D eigenvalue weighted by molar-refractivity contribution is -0.119. The molecule has 0 heterocycles. The Kier molecular flexibility index (Phi) is 13.1. The van der Waals surface area contributed by atoms with Crippen molar-refractivity contribution in [3.63, 3.8) is 0 Å². The molecule has 0 aromatic heterocycles. The molecule has 24 heavy (non-hydrogen) atoms. The van der Waals surface area contributed by atoms with Crippen LogP contribution in [0.2, 0.25) is 0 Å². The molecule has 0 aliphatic rings. The molecule has 1 amide bonds. The molecule has 1 aromatic carbocycles. The lowest BCUT2D eigenvalue weighted by Crippen LogP contribution is -2.39. The SMILES string of the molecule is CCNC(=NCC(=O)NCCOC)NCCc1ccc(F)cc1.I. The summed E-state index contributed by atoms with van der Waals surface area (Å²) in [5.74, 6) is 0.186. The summed E-state index contributed by atoms with van der Waals surface area (Å²) in [5.41, 5.74) is 1.03. The molecule has 0 atom stereocenters. The Balaban J connectivity index is 0.00000529. The Labute approximate surface area is 159 Å². The van der Waals surface area contributed by atoms with Crippen molar-refractivity contribution in [1.82, 2.24) is 16.0 Å². The molecule has 0 aliphatic carbocycles. The van der Waals surface area contributed by atoms with E-state index in [4.69, 9.17) is 4.74 Å². The summed E-state index contributed by atoms with van der Waals surface area (Å²) in [6.07, 6.45) is 0.741. The van der Waals surface area contributed by atoms with E-state index >= 15 is 0 Å². The highest BCUT2D eigenvalue weighted by Gasteiger charge is 2.02. The molecule has 1 rings (SSSR count). The molecular formula is C16H26FIN4O2. The molecule has 0 radical (unpaired) electrons. The number of methoxy groups -OCH3 is 1. The second-order valence-electron chi connectivity index (χ2n) is 4.84. The number of carbonyl (C=O) groups excluding carboxylic acids is 1. The highest BCUT2D eigenvalue weighted by Crippen LogP contribution is 2.02. The van der Waals surface area contributed by atoms with E-state index in [9.17, 15) is 9.18 Å². The van der Waals surface area contributed by atoms with Crippen molar-refractivity contribution in [3.05, 3.63) is 35.6 Å². The van der Waals surface area contributed by atoms with Gasteiger partial charge in [0.25, 0.3) is 0 Å². The van der Waals surface area contributed by atoms with Gasteiger partial charge in [0.15, 0.2) is 5.96 Å². The van der Waals surface area contributed by atoms with Gasteiger partial charge in [-0.25, -0.2) is 9.38 Å². The summed E-state index contributed by atoms with van der Waals surface area (Å²) in [7, 11) is 1.58. The van der Waals surface area contributed by atoms with Crippen LogP contribution in [0.5, 0.6) is 0 Å². The Morgan fingerprint density at radius 2 is 1.88 bits per heavy atom. The van der Waals surface area contributed by atoms with Crippen molar-refractivity contribution >= 4 is 35.8 Å². The minimum absolute atomic E-state index is 0. The molecule has 0 unspecified atom stereocenters. The topological polar surface area (TPSA) is 74.8 Å². The van der Waals surface area contributed by atoms with Crippen LogP contribution in [0.3, 0.4) is 0 Å². The second kappa shape index (κ2) is 14.0. The number of benzene rings is 1. The molecule has 0 saturated carbocycles. The maximum atomic E-state index is 12.8. The second-order valence-corrected chi connectivity index (χ2v) is 4.84. The van der Waals surface area contributed by atoms with Crippen molar-refractivity contribution < 1.29 is 13.9 Å². The minimum atomic E-state index is -0.240. The molecule has 1 aromatic rings. The van der Waals surface area contributed by atoms with Gasteiger partial charge in [0.05, 0.1) is 6.61 Å². The quantitative estimate of drug-likeness (QED) is 0.229. The summed E-state index contributed by atoms with van der Waals surface area (Å²) in [6.45, 7) is 4.30. The molecule has 0 saturated heterocycles. The number of hydrogen-bond acceptors (Lipinski definition) is 3. The summed E-state index contributed by atoms with van der Waals surface area (Å²) in [4.78, 5) is 15.8. The Bertz CT molecular complexity index is 497. The lowest BCUT2D eigenvalue weighted by Gasteiger charge is -2.11. The third kappa shape index (κ3) is 10.4. The number of ether oxygens (including phenoxy) is 1. The van der Waals surface area contributed by atoms with Gasteiger partial charge in [0, 0.05) is 26.7 Å². The van der Waals surface area contributed by atoms with Crippen LogP contribution in [0.4, 0.5) is 4.39 Å². The van der Waals surface area contributed by atoms with E-state index in [0.717, 1.165) is 12.0 Å². The van der Waals surface area contributed by atoms with E-state index in [1.54, 1.807) is 19.2 Å². The number of nitrogens with one attached hydrogen (secondary N) is 3. The molecule has 0 bridgehead atoms. The van der Waals surface area contributed by atoms with Gasteiger partial charge in [0.2, 0.25) is 5.91 Å². The highest BCUT2D eigenvalue weighted by molar-refractivity contribution is 14.0. The molecule has 0 aliphatic heterocycles. The normalized spacial score (nSPS) is 10.7. The largest absolute Gasteiger partial charge is 0.383 e. The fraction of sp³-hybridized carbons (Fsp3) is 0.500. The zero-order chi connectivity index (χ0) is 16.9. The number of rotatable bonds is 9. The van der Waals surface area contributed by atoms with Crippen LogP contribution < -0.4 is 16.0 Å². The first-order valence-corrected chi connectivity index (χ1v) is 7.68. The number of guanidine groups is 1. The zero-order valence-electron chi connectivity index (χ0n) is 14.1. The zero-order valence-corrected chi connectivity index (χ0v) is 16.4. The van der Waals surface area contributed by atoms with Crippen LogP contribution in [0, 0.1) is 5.82 Å². The Morgan fingerprint density at radius 3 is 2.50 bits per heavy atom. The highest BCUT2D eigenvalue weighted by atomic mass is 127. The molecule has 136 valence electrons. The van der Waals surface area contributed by atoms with E-state index < -0.39 is 0 Å². The van der Waals surface area contributed by atoms with Crippen LogP contribution in [-0.2, 0) is 16.0 Å². The maximum Gasteiger partial charge on any atom is 0.241 e. The van der Waals surface area contributed by atoms with Crippen LogP contribution >= 0.6 is 24.0 Å². The fourth-order valence-electron chi connectivity index (χ4n) is 1.82. The van der Waals surface area contributed by atoms with Crippen molar-refractivity contribution in [2.24, 2.45) is 4.99 Å². The van der Waals surface area contributed by atoms with Gasteiger partial charge in [0.1, 0.15) is 12.4 Å².